The molecule has 0 N–H and O–H groups in total. The topological polar surface area (TPSA) is 78.9 Å². The Morgan fingerprint density at radius 1 is 0.786 bits per heavy atom. The summed E-state index contributed by atoms with van der Waals surface area (Å²) >= 11 is 0. The van der Waals surface area contributed by atoms with E-state index in [4.69, 9.17) is 14.2 Å². The lowest BCUT2D eigenvalue weighted by Crippen LogP contribution is -2.67. The molecule has 4 fully saturated rings. The smallest absolute Gasteiger partial charge is 0.303 e. The molecule has 10 atom stereocenters. The van der Waals surface area contributed by atoms with Crippen LogP contribution in [0.4, 0.5) is 0 Å². The molecule has 238 valence electrons. The standard InChI is InChI=1S/C36H58O6/c1-22(2)13-12-17-36(11,42-25(5)39)26-14-19-35(10)31(26)27(40-23(3)37)21-29-33(8)18-16-30(41-24(4)38)32(6,7)28(33)15-20-34(29,35)9/h13,26-31H,12,14-21H2,1-11H3/t26?,27?,28?,29?,30-,31-,33-,34+,35+,36-/m0/s1. The Hall–Kier alpha value is -1.85. The fourth-order valence-corrected chi connectivity index (χ4v) is 11.4. The van der Waals surface area contributed by atoms with E-state index in [1.807, 2.05) is 0 Å². The van der Waals surface area contributed by atoms with Crippen LogP contribution in [0.1, 0.15) is 134 Å². The van der Waals surface area contributed by atoms with E-state index in [-0.39, 0.29) is 63.6 Å². The van der Waals surface area contributed by atoms with Crippen molar-refractivity contribution in [2.75, 3.05) is 0 Å². The fraction of sp³-hybridized carbons (Fsp3) is 0.861. The first kappa shape index (κ1) is 33.1. The van der Waals surface area contributed by atoms with Crippen molar-refractivity contribution in [2.45, 2.75) is 152 Å². The number of rotatable bonds is 7. The van der Waals surface area contributed by atoms with Crippen LogP contribution in [-0.2, 0) is 28.6 Å². The lowest BCUT2D eigenvalue weighted by molar-refractivity contribution is -0.253. The minimum absolute atomic E-state index is 0.0419. The fourth-order valence-electron chi connectivity index (χ4n) is 11.4. The van der Waals surface area contributed by atoms with Gasteiger partial charge in [0.25, 0.3) is 0 Å². The van der Waals surface area contributed by atoms with Gasteiger partial charge in [0.05, 0.1) is 0 Å². The molecule has 0 bridgehead atoms. The third-order valence-electron chi connectivity index (χ3n) is 13.3. The number of esters is 3. The zero-order valence-corrected chi connectivity index (χ0v) is 28.4. The van der Waals surface area contributed by atoms with Gasteiger partial charge in [-0.2, -0.15) is 0 Å². The van der Waals surface area contributed by atoms with Crippen LogP contribution in [0.5, 0.6) is 0 Å². The van der Waals surface area contributed by atoms with E-state index in [0.29, 0.717) is 11.8 Å². The van der Waals surface area contributed by atoms with Crippen molar-refractivity contribution in [1.29, 1.82) is 0 Å². The minimum Gasteiger partial charge on any atom is -0.462 e. The molecule has 4 rings (SSSR count). The Bertz CT molecular complexity index is 1100. The third-order valence-corrected chi connectivity index (χ3v) is 13.3. The predicted molar refractivity (Wildman–Crippen MR) is 164 cm³/mol. The van der Waals surface area contributed by atoms with Crippen molar-refractivity contribution < 1.29 is 28.6 Å². The number of carbonyl (C=O) groups excluding carboxylic acids is 3. The average molecular weight is 587 g/mol. The number of fused-ring (bicyclic) bond motifs is 5. The van der Waals surface area contributed by atoms with Gasteiger partial charge in [-0.05, 0) is 107 Å². The normalized spacial score (nSPS) is 41.7. The second kappa shape index (κ2) is 11.3. The first-order chi connectivity index (χ1) is 19.3. The Kier molecular flexibility index (Phi) is 8.86. The van der Waals surface area contributed by atoms with Crippen LogP contribution < -0.4 is 0 Å². The van der Waals surface area contributed by atoms with E-state index in [1.165, 1.54) is 26.3 Å². The average Bonchev–Trinajstić information content (AvgIpc) is 3.21. The van der Waals surface area contributed by atoms with Gasteiger partial charge in [-0.1, -0.05) is 46.3 Å². The Labute approximate surface area is 255 Å². The molecule has 4 aliphatic carbocycles. The molecule has 0 aliphatic heterocycles. The van der Waals surface area contributed by atoms with E-state index in [9.17, 15) is 14.4 Å². The largest absolute Gasteiger partial charge is 0.462 e. The highest BCUT2D eigenvalue weighted by atomic mass is 16.6. The molecule has 4 aliphatic rings. The number of carbonyl (C=O) groups is 3. The van der Waals surface area contributed by atoms with Crippen molar-refractivity contribution in [1.82, 2.24) is 0 Å². The SMILES string of the molecule is CC(=O)OC1CC2[C@@]3(C)CC[C@H](OC(C)=O)C(C)(C)C3CC[C@@]2(C)[C@]2(C)CCC([C@](C)(CCC=C(C)C)OC(C)=O)[C@@H]12. The molecule has 42 heavy (non-hydrogen) atoms. The summed E-state index contributed by atoms with van der Waals surface area (Å²) in [5.41, 5.74) is 0.525. The highest BCUT2D eigenvalue weighted by Crippen LogP contribution is 2.76. The number of ether oxygens (including phenoxy) is 3. The van der Waals surface area contributed by atoms with Crippen LogP contribution in [0.3, 0.4) is 0 Å². The quantitative estimate of drug-likeness (QED) is 0.170. The summed E-state index contributed by atoms with van der Waals surface area (Å²) < 4.78 is 18.5. The highest BCUT2D eigenvalue weighted by molar-refractivity contribution is 5.67. The lowest BCUT2D eigenvalue weighted by Gasteiger charge is -2.70. The molecule has 0 heterocycles. The van der Waals surface area contributed by atoms with Gasteiger partial charge in [0.2, 0.25) is 0 Å². The predicted octanol–water partition coefficient (Wildman–Crippen LogP) is 8.21. The highest BCUT2D eigenvalue weighted by Gasteiger charge is 2.72. The molecule has 0 spiro atoms. The Morgan fingerprint density at radius 3 is 1.98 bits per heavy atom. The van der Waals surface area contributed by atoms with Crippen molar-refractivity contribution in [3.05, 3.63) is 11.6 Å². The van der Waals surface area contributed by atoms with Crippen molar-refractivity contribution in [3.63, 3.8) is 0 Å². The first-order valence-corrected chi connectivity index (χ1v) is 16.5. The van der Waals surface area contributed by atoms with Gasteiger partial charge < -0.3 is 14.2 Å². The summed E-state index contributed by atoms with van der Waals surface area (Å²) in [6.07, 6.45) is 10.4. The molecule has 0 aromatic heterocycles. The Morgan fingerprint density at radius 2 is 1.40 bits per heavy atom. The second-order valence-electron chi connectivity index (χ2n) is 16.2. The molecule has 4 saturated carbocycles. The van der Waals surface area contributed by atoms with Gasteiger partial charge in [0.1, 0.15) is 17.8 Å². The monoisotopic (exact) mass is 586 g/mol. The van der Waals surface area contributed by atoms with Crippen LogP contribution in [0.2, 0.25) is 0 Å². The molecule has 4 unspecified atom stereocenters. The maximum Gasteiger partial charge on any atom is 0.303 e. The van der Waals surface area contributed by atoms with Gasteiger partial charge in [0.15, 0.2) is 0 Å². The third kappa shape index (κ3) is 5.36. The molecule has 0 aromatic carbocycles. The van der Waals surface area contributed by atoms with Gasteiger partial charge in [-0.3, -0.25) is 14.4 Å². The van der Waals surface area contributed by atoms with Crippen molar-refractivity contribution >= 4 is 17.9 Å². The van der Waals surface area contributed by atoms with Crippen LogP contribution in [-0.4, -0.2) is 35.7 Å². The zero-order chi connectivity index (χ0) is 31.5. The van der Waals surface area contributed by atoms with E-state index in [2.05, 4.69) is 61.5 Å². The molecule has 0 radical (unpaired) electrons. The summed E-state index contributed by atoms with van der Waals surface area (Å²) in [4.78, 5) is 37.2. The maximum atomic E-state index is 12.7. The van der Waals surface area contributed by atoms with Gasteiger partial charge >= 0.3 is 17.9 Å². The van der Waals surface area contributed by atoms with Crippen LogP contribution in [0.15, 0.2) is 11.6 Å². The first-order valence-electron chi connectivity index (χ1n) is 16.5. The number of allylic oxidation sites excluding steroid dienone is 2. The summed E-state index contributed by atoms with van der Waals surface area (Å²) in [5, 5.41) is 0. The Balaban J connectivity index is 1.76. The summed E-state index contributed by atoms with van der Waals surface area (Å²) in [7, 11) is 0. The van der Waals surface area contributed by atoms with E-state index in [0.717, 1.165) is 57.8 Å². The summed E-state index contributed by atoms with van der Waals surface area (Å²) in [6, 6.07) is 0. The maximum absolute atomic E-state index is 12.7. The molecular weight excluding hydrogens is 528 g/mol. The van der Waals surface area contributed by atoms with E-state index in [1.54, 1.807) is 0 Å². The van der Waals surface area contributed by atoms with Crippen LogP contribution >= 0.6 is 0 Å². The molecule has 0 saturated heterocycles. The van der Waals surface area contributed by atoms with Crippen molar-refractivity contribution in [2.24, 2.45) is 45.3 Å². The zero-order valence-electron chi connectivity index (χ0n) is 28.4. The van der Waals surface area contributed by atoms with Gasteiger partial charge in [-0.15, -0.1) is 0 Å². The summed E-state index contributed by atoms with van der Waals surface area (Å²) in [6.45, 7) is 23.0. The molecule has 0 amide bonds. The van der Waals surface area contributed by atoms with Crippen LogP contribution in [0, 0.1) is 45.3 Å². The van der Waals surface area contributed by atoms with E-state index >= 15 is 0 Å². The van der Waals surface area contributed by atoms with Gasteiger partial charge in [-0.25, -0.2) is 0 Å². The van der Waals surface area contributed by atoms with Crippen LogP contribution in [0.25, 0.3) is 0 Å². The molecule has 6 heteroatoms. The summed E-state index contributed by atoms with van der Waals surface area (Å²) in [5.74, 6) is 0.338. The second-order valence-corrected chi connectivity index (χ2v) is 16.2. The molecule has 0 aromatic rings. The minimum atomic E-state index is -0.632. The lowest BCUT2D eigenvalue weighted by atomic mass is 9.35. The molecular formula is C36H58O6. The van der Waals surface area contributed by atoms with Crippen molar-refractivity contribution in [3.8, 4) is 0 Å². The number of hydrogen-bond donors (Lipinski definition) is 0. The number of hydrogen-bond acceptors (Lipinski definition) is 6. The van der Waals surface area contributed by atoms with Gasteiger partial charge in [0, 0.05) is 38.0 Å². The molecule has 6 nitrogen and oxygen atoms in total. The van der Waals surface area contributed by atoms with E-state index < -0.39 is 5.60 Å².